The van der Waals surface area contributed by atoms with Gasteiger partial charge in [-0.05, 0) is 65.6 Å². The summed E-state index contributed by atoms with van der Waals surface area (Å²) < 4.78 is 3.46. The summed E-state index contributed by atoms with van der Waals surface area (Å²) in [6, 6.07) is 11.5. The largest absolute Gasteiger partial charge is 0.481 e. The Bertz CT molecular complexity index is 1470. The molecule has 198 valence electrons. The molecule has 1 fully saturated rings. The molecule has 0 spiro atoms. The summed E-state index contributed by atoms with van der Waals surface area (Å²) in [6.07, 6.45) is 6.94. The number of rotatable bonds is 10. The number of unbranched alkanes of at least 4 members (excludes halogenated alkanes) is 1. The van der Waals surface area contributed by atoms with Crippen LogP contribution in [0, 0.1) is 17.8 Å². The van der Waals surface area contributed by atoms with Crippen molar-refractivity contribution in [2.45, 2.75) is 59.0 Å². The molecule has 1 aliphatic carbocycles. The van der Waals surface area contributed by atoms with Gasteiger partial charge in [0.2, 0.25) is 5.82 Å². The zero-order valence-electron chi connectivity index (χ0n) is 21.9. The molecular formula is C28H33N7O3. The van der Waals surface area contributed by atoms with Gasteiger partial charge in [0, 0.05) is 23.7 Å². The van der Waals surface area contributed by atoms with Gasteiger partial charge >= 0.3 is 11.7 Å². The number of aryl methyl sites for hydroxylation is 1. The number of aromatic amines is 1. The number of H-pyrrole nitrogens is 1. The monoisotopic (exact) mass is 515 g/mol. The average Bonchev–Trinajstić information content (AvgIpc) is 3.52. The van der Waals surface area contributed by atoms with Crippen molar-refractivity contribution in [3.8, 4) is 22.5 Å². The summed E-state index contributed by atoms with van der Waals surface area (Å²) in [7, 11) is 0. The lowest BCUT2D eigenvalue weighted by Gasteiger charge is -2.45. The first-order valence-electron chi connectivity index (χ1n) is 13.2. The SMILES string of the molecule is CCCCc1cn(C2C(C(=O)O)CC2C(C)C)c(=O)n1Cc1cc(-c2cccc(-c3nn[nH]n3)c2)ccn1. The Hall–Kier alpha value is -4.08. The molecule has 3 aromatic heterocycles. The van der Waals surface area contributed by atoms with Crippen molar-refractivity contribution in [1.82, 2.24) is 34.7 Å². The fourth-order valence-electron chi connectivity index (χ4n) is 5.50. The van der Waals surface area contributed by atoms with Gasteiger partial charge < -0.3 is 5.11 Å². The van der Waals surface area contributed by atoms with Gasteiger partial charge in [-0.15, -0.1) is 10.2 Å². The van der Waals surface area contributed by atoms with Crippen LogP contribution in [-0.2, 0) is 17.8 Å². The molecule has 5 rings (SSSR count). The third-order valence-corrected chi connectivity index (χ3v) is 7.68. The van der Waals surface area contributed by atoms with Crippen LogP contribution >= 0.6 is 0 Å². The highest BCUT2D eigenvalue weighted by molar-refractivity contribution is 5.72. The Balaban J connectivity index is 1.48. The van der Waals surface area contributed by atoms with Crippen LogP contribution in [-0.4, -0.2) is 45.8 Å². The van der Waals surface area contributed by atoms with Crippen molar-refractivity contribution < 1.29 is 9.90 Å². The maximum Gasteiger partial charge on any atom is 0.328 e. The molecule has 10 heteroatoms. The number of nitrogens with zero attached hydrogens (tertiary/aromatic N) is 6. The Morgan fingerprint density at radius 2 is 1.97 bits per heavy atom. The predicted molar refractivity (Wildman–Crippen MR) is 142 cm³/mol. The molecule has 38 heavy (non-hydrogen) atoms. The molecule has 0 bridgehead atoms. The predicted octanol–water partition coefficient (Wildman–Crippen LogP) is 4.20. The molecule has 2 N–H and O–H groups in total. The van der Waals surface area contributed by atoms with Crippen LogP contribution in [0.5, 0.6) is 0 Å². The number of nitrogens with one attached hydrogen (secondary N) is 1. The Labute approximate surface area is 220 Å². The number of imidazole rings is 1. The van der Waals surface area contributed by atoms with E-state index in [4.69, 9.17) is 0 Å². The number of hydrogen-bond acceptors (Lipinski definition) is 6. The van der Waals surface area contributed by atoms with Crippen LogP contribution in [0.2, 0.25) is 0 Å². The van der Waals surface area contributed by atoms with E-state index in [0.29, 0.717) is 24.7 Å². The number of aliphatic carboxylic acids is 1. The van der Waals surface area contributed by atoms with Gasteiger partial charge in [-0.3, -0.25) is 18.9 Å². The van der Waals surface area contributed by atoms with E-state index in [-0.39, 0.29) is 17.6 Å². The van der Waals surface area contributed by atoms with Gasteiger partial charge in [-0.2, -0.15) is 5.21 Å². The van der Waals surface area contributed by atoms with Crippen LogP contribution in [0.25, 0.3) is 22.5 Å². The molecule has 3 unspecified atom stereocenters. The number of carboxylic acids is 1. The number of hydrogen-bond donors (Lipinski definition) is 2. The van der Waals surface area contributed by atoms with Crippen molar-refractivity contribution in [2.24, 2.45) is 17.8 Å². The smallest absolute Gasteiger partial charge is 0.328 e. The number of tetrazole rings is 1. The quantitative estimate of drug-likeness (QED) is 0.323. The summed E-state index contributed by atoms with van der Waals surface area (Å²) in [5.41, 5.74) is 4.30. The zero-order valence-corrected chi connectivity index (χ0v) is 21.9. The van der Waals surface area contributed by atoms with E-state index in [9.17, 15) is 14.7 Å². The highest BCUT2D eigenvalue weighted by Gasteiger charge is 2.48. The van der Waals surface area contributed by atoms with Crippen LogP contribution in [0.15, 0.2) is 53.6 Å². The van der Waals surface area contributed by atoms with Gasteiger partial charge in [-0.1, -0.05) is 45.4 Å². The first-order chi connectivity index (χ1) is 18.4. The standard InChI is InChI=1S/C28H33N7O3/c1-4-5-9-22-16-35(25-23(17(2)3)14-24(25)27(36)37)28(38)34(22)15-21-13-19(10-11-29-21)18-7-6-8-20(12-18)26-30-32-33-31-26/h6-8,10-13,16-17,23-25H,4-5,9,14-15H2,1-3H3,(H,36,37)(H,30,31,32,33). The third-order valence-electron chi connectivity index (χ3n) is 7.68. The maximum absolute atomic E-state index is 13.7. The van der Waals surface area contributed by atoms with Crippen molar-refractivity contribution in [2.75, 3.05) is 0 Å². The van der Waals surface area contributed by atoms with E-state index in [1.54, 1.807) is 15.3 Å². The van der Waals surface area contributed by atoms with Gasteiger partial charge in [0.15, 0.2) is 0 Å². The molecule has 10 nitrogen and oxygen atoms in total. The first kappa shape index (κ1) is 25.6. The number of carboxylic acid groups (broad SMARTS) is 1. The summed E-state index contributed by atoms with van der Waals surface area (Å²) >= 11 is 0. The molecule has 0 aliphatic heterocycles. The second-order valence-electron chi connectivity index (χ2n) is 10.4. The zero-order chi connectivity index (χ0) is 26.8. The topological polar surface area (TPSA) is 132 Å². The minimum Gasteiger partial charge on any atom is -0.481 e. The molecule has 3 heterocycles. The molecule has 4 aromatic rings. The molecule has 1 aromatic carbocycles. The summed E-state index contributed by atoms with van der Waals surface area (Å²) in [4.78, 5) is 30.2. The van der Waals surface area contributed by atoms with Crippen LogP contribution in [0.4, 0.5) is 0 Å². The molecule has 1 saturated carbocycles. The minimum absolute atomic E-state index is 0.163. The number of pyridine rings is 1. The Morgan fingerprint density at radius 3 is 2.68 bits per heavy atom. The van der Waals surface area contributed by atoms with Crippen molar-refractivity contribution in [1.29, 1.82) is 0 Å². The number of carbonyl (C=O) groups is 1. The maximum atomic E-state index is 13.7. The van der Waals surface area contributed by atoms with E-state index in [1.807, 2.05) is 42.6 Å². The number of benzene rings is 1. The van der Waals surface area contributed by atoms with E-state index in [2.05, 4.69) is 46.4 Å². The highest BCUT2D eigenvalue weighted by Crippen LogP contribution is 2.48. The lowest BCUT2D eigenvalue weighted by Crippen LogP contribution is -2.48. The fourth-order valence-corrected chi connectivity index (χ4v) is 5.50. The molecule has 1 aliphatic rings. The second kappa shape index (κ2) is 10.7. The molecular weight excluding hydrogens is 482 g/mol. The second-order valence-corrected chi connectivity index (χ2v) is 10.4. The summed E-state index contributed by atoms with van der Waals surface area (Å²) in [5.74, 6) is -0.393. The minimum atomic E-state index is -0.834. The third kappa shape index (κ3) is 4.90. The van der Waals surface area contributed by atoms with Crippen molar-refractivity contribution in [3.63, 3.8) is 0 Å². The van der Waals surface area contributed by atoms with Crippen LogP contribution in [0.1, 0.15) is 57.5 Å². The highest BCUT2D eigenvalue weighted by atomic mass is 16.4. The van der Waals surface area contributed by atoms with E-state index < -0.39 is 11.9 Å². The molecule has 0 saturated heterocycles. The fraction of sp³-hybridized carbons (Fsp3) is 0.429. The van der Waals surface area contributed by atoms with Gasteiger partial charge in [0.1, 0.15) is 0 Å². The Kier molecular flexibility index (Phi) is 7.22. The average molecular weight is 516 g/mol. The van der Waals surface area contributed by atoms with Gasteiger partial charge in [-0.25, -0.2) is 4.79 Å². The first-order valence-corrected chi connectivity index (χ1v) is 13.2. The normalized spacial score (nSPS) is 19.0. The van der Waals surface area contributed by atoms with Crippen molar-refractivity contribution >= 4 is 5.97 Å². The molecule has 3 atom stereocenters. The summed E-state index contributed by atoms with van der Waals surface area (Å²) in [6.45, 7) is 6.63. The lowest BCUT2D eigenvalue weighted by molar-refractivity contribution is -0.151. The lowest BCUT2D eigenvalue weighted by atomic mass is 9.65. The Morgan fingerprint density at radius 1 is 1.18 bits per heavy atom. The van der Waals surface area contributed by atoms with Crippen LogP contribution < -0.4 is 5.69 Å². The van der Waals surface area contributed by atoms with E-state index >= 15 is 0 Å². The van der Waals surface area contributed by atoms with E-state index in [0.717, 1.165) is 47.3 Å². The van der Waals surface area contributed by atoms with Gasteiger partial charge in [0.05, 0.1) is 24.2 Å². The van der Waals surface area contributed by atoms with Crippen LogP contribution in [0.3, 0.4) is 0 Å². The number of aromatic nitrogens is 7. The van der Waals surface area contributed by atoms with Gasteiger partial charge in [0.25, 0.3) is 0 Å². The molecule has 0 radical (unpaired) electrons. The van der Waals surface area contributed by atoms with E-state index in [1.165, 1.54) is 0 Å². The summed E-state index contributed by atoms with van der Waals surface area (Å²) in [5, 5.41) is 24.0. The molecule has 0 amide bonds. The van der Waals surface area contributed by atoms with Crippen molar-refractivity contribution in [3.05, 3.63) is 70.7 Å².